The van der Waals surface area contributed by atoms with E-state index in [2.05, 4.69) is 20.8 Å². The molecule has 0 unspecified atom stereocenters. The lowest BCUT2D eigenvalue weighted by molar-refractivity contribution is -0.874. The van der Waals surface area contributed by atoms with E-state index in [-0.39, 0.29) is 5.78 Å². The Morgan fingerprint density at radius 3 is 2.06 bits per heavy atom. The zero-order valence-electron chi connectivity index (χ0n) is 11.3. The molecule has 0 aliphatic heterocycles. The van der Waals surface area contributed by atoms with E-state index in [4.69, 9.17) is 11.6 Å². The van der Waals surface area contributed by atoms with Gasteiger partial charge in [-0.1, -0.05) is 11.6 Å². The summed E-state index contributed by atoms with van der Waals surface area (Å²) in [5.74, 6) is 0.0320. The first kappa shape index (κ1) is 14.9. The van der Waals surface area contributed by atoms with Crippen molar-refractivity contribution in [3.05, 3.63) is 47.1 Å². The summed E-state index contributed by atoms with van der Waals surface area (Å²) in [6.45, 7) is 9.42. The Balaban J connectivity index is 2.83. The Morgan fingerprint density at radius 1 is 1.11 bits per heavy atom. The fourth-order valence-corrected chi connectivity index (χ4v) is 2.05. The quantitative estimate of drug-likeness (QED) is 0.433. The fourth-order valence-electron chi connectivity index (χ4n) is 1.92. The third-order valence-electron chi connectivity index (χ3n) is 3.56. The zero-order valence-corrected chi connectivity index (χ0v) is 12.1. The van der Waals surface area contributed by atoms with Gasteiger partial charge in [-0.15, -0.1) is 0 Å². The monoisotopic (exact) mass is 266 g/mol. The molecule has 0 saturated heterocycles. The van der Waals surface area contributed by atoms with Crippen LogP contribution in [-0.2, 0) is 0 Å². The van der Waals surface area contributed by atoms with Gasteiger partial charge in [0, 0.05) is 16.7 Å². The van der Waals surface area contributed by atoms with Crippen molar-refractivity contribution >= 4 is 17.4 Å². The van der Waals surface area contributed by atoms with Crippen molar-refractivity contribution in [1.29, 1.82) is 0 Å². The highest BCUT2D eigenvalue weighted by atomic mass is 35.5. The van der Waals surface area contributed by atoms with Crippen LogP contribution in [-0.4, -0.2) is 29.9 Å². The Bertz CT molecular complexity index is 410. The second-order valence-electron chi connectivity index (χ2n) is 4.35. The summed E-state index contributed by atoms with van der Waals surface area (Å²) < 4.78 is 0.833. The summed E-state index contributed by atoms with van der Waals surface area (Å²) in [6.07, 6.45) is 3.69. The molecule has 0 amide bonds. The number of carbonyl (C=O) groups is 1. The fraction of sp³-hybridized carbons (Fsp3) is 0.400. The zero-order chi connectivity index (χ0) is 13.6. The number of hydrogen-bond acceptors (Lipinski definition) is 1. The number of carbonyl (C=O) groups excluding carboxylic acids is 1. The van der Waals surface area contributed by atoms with Crippen LogP contribution in [0, 0.1) is 0 Å². The first-order valence-electron chi connectivity index (χ1n) is 6.41. The van der Waals surface area contributed by atoms with Gasteiger partial charge in [0.25, 0.3) is 0 Å². The van der Waals surface area contributed by atoms with Crippen LogP contribution in [0.4, 0.5) is 0 Å². The third kappa shape index (κ3) is 3.69. The highest BCUT2D eigenvalue weighted by Gasteiger charge is 2.17. The largest absolute Gasteiger partial charge is 0.298 e. The van der Waals surface area contributed by atoms with E-state index < -0.39 is 0 Å². The van der Waals surface area contributed by atoms with Crippen molar-refractivity contribution in [2.75, 3.05) is 19.6 Å². The molecule has 0 N–H and O–H groups in total. The molecule has 1 rings (SSSR count). The van der Waals surface area contributed by atoms with E-state index in [1.807, 2.05) is 6.20 Å². The number of benzene rings is 1. The van der Waals surface area contributed by atoms with Gasteiger partial charge in [0.1, 0.15) is 0 Å². The summed E-state index contributed by atoms with van der Waals surface area (Å²) in [7, 11) is 0. The maximum absolute atomic E-state index is 12.0. The van der Waals surface area contributed by atoms with Crippen molar-refractivity contribution in [2.24, 2.45) is 0 Å². The molecule has 3 heteroatoms. The summed E-state index contributed by atoms with van der Waals surface area (Å²) in [5.41, 5.74) is 0.678. The van der Waals surface area contributed by atoms with E-state index in [9.17, 15) is 4.79 Å². The smallest absolute Gasteiger partial charge is 0.191 e. The van der Waals surface area contributed by atoms with Crippen LogP contribution in [0.5, 0.6) is 0 Å². The lowest BCUT2D eigenvalue weighted by atomic mass is 10.1. The Labute approximate surface area is 114 Å². The number of nitrogens with zero attached hydrogens (tertiary/aromatic N) is 1. The number of allylic oxidation sites excluding steroid dienone is 1. The minimum atomic E-state index is 0.0320. The van der Waals surface area contributed by atoms with Gasteiger partial charge in [-0.2, -0.15) is 0 Å². The molecular weight excluding hydrogens is 246 g/mol. The molecule has 0 spiro atoms. The lowest BCUT2D eigenvalue weighted by Crippen LogP contribution is -2.42. The van der Waals surface area contributed by atoms with Crippen LogP contribution < -0.4 is 0 Å². The van der Waals surface area contributed by atoms with Gasteiger partial charge in [-0.25, -0.2) is 0 Å². The van der Waals surface area contributed by atoms with Crippen molar-refractivity contribution in [1.82, 2.24) is 0 Å². The van der Waals surface area contributed by atoms with E-state index in [1.54, 1.807) is 30.3 Å². The van der Waals surface area contributed by atoms with Crippen LogP contribution in [0.25, 0.3) is 0 Å². The van der Waals surface area contributed by atoms with Gasteiger partial charge in [0.2, 0.25) is 0 Å². The van der Waals surface area contributed by atoms with Crippen LogP contribution in [0.3, 0.4) is 0 Å². The topological polar surface area (TPSA) is 17.1 Å². The molecule has 0 aliphatic rings. The molecule has 0 radical (unpaired) electrons. The first-order chi connectivity index (χ1) is 8.56. The second kappa shape index (κ2) is 6.72. The molecule has 0 aromatic heterocycles. The summed E-state index contributed by atoms with van der Waals surface area (Å²) in [4.78, 5) is 12.0. The molecule has 0 heterocycles. The Morgan fingerprint density at radius 2 is 1.61 bits per heavy atom. The molecule has 1 aromatic carbocycles. The van der Waals surface area contributed by atoms with Gasteiger partial charge in [-0.3, -0.25) is 9.28 Å². The van der Waals surface area contributed by atoms with Gasteiger partial charge in [0.05, 0.1) is 25.8 Å². The lowest BCUT2D eigenvalue weighted by Gasteiger charge is -2.31. The van der Waals surface area contributed by atoms with Gasteiger partial charge in [0.15, 0.2) is 5.78 Å². The normalized spacial score (nSPS) is 12.0. The number of quaternary nitrogens is 1. The molecule has 0 aliphatic carbocycles. The number of ketones is 1. The van der Waals surface area contributed by atoms with Crippen LogP contribution in [0.2, 0.25) is 5.02 Å². The van der Waals surface area contributed by atoms with Gasteiger partial charge >= 0.3 is 0 Å². The van der Waals surface area contributed by atoms with Crippen LogP contribution in [0.1, 0.15) is 31.1 Å². The average molecular weight is 267 g/mol. The van der Waals surface area contributed by atoms with Crippen molar-refractivity contribution < 1.29 is 9.28 Å². The molecule has 2 nitrogen and oxygen atoms in total. The first-order valence-corrected chi connectivity index (χ1v) is 6.79. The summed E-state index contributed by atoms with van der Waals surface area (Å²) in [5, 5.41) is 0.649. The van der Waals surface area contributed by atoms with E-state index >= 15 is 0 Å². The minimum absolute atomic E-state index is 0.0320. The molecule has 0 bridgehead atoms. The average Bonchev–Trinajstić information content (AvgIpc) is 2.41. The van der Waals surface area contributed by atoms with Crippen LogP contribution in [0.15, 0.2) is 36.5 Å². The van der Waals surface area contributed by atoms with E-state index in [1.165, 1.54) is 0 Å². The van der Waals surface area contributed by atoms with Crippen molar-refractivity contribution in [2.45, 2.75) is 20.8 Å². The molecule has 98 valence electrons. The van der Waals surface area contributed by atoms with Crippen molar-refractivity contribution in [3.63, 3.8) is 0 Å². The van der Waals surface area contributed by atoms with E-state index in [0.29, 0.717) is 10.6 Å². The number of halogens is 1. The van der Waals surface area contributed by atoms with E-state index in [0.717, 1.165) is 24.1 Å². The highest BCUT2D eigenvalue weighted by molar-refractivity contribution is 6.30. The molecule has 0 atom stereocenters. The summed E-state index contributed by atoms with van der Waals surface area (Å²) in [6, 6.07) is 7.00. The Hall–Kier alpha value is -1.12. The predicted molar refractivity (Wildman–Crippen MR) is 76.8 cm³/mol. The number of rotatable bonds is 6. The van der Waals surface area contributed by atoms with Gasteiger partial charge in [-0.05, 0) is 45.0 Å². The molecular formula is C15H21ClNO+. The van der Waals surface area contributed by atoms with Crippen LogP contribution >= 0.6 is 11.6 Å². The maximum Gasteiger partial charge on any atom is 0.191 e. The van der Waals surface area contributed by atoms with Crippen molar-refractivity contribution in [3.8, 4) is 0 Å². The molecule has 18 heavy (non-hydrogen) atoms. The Kier molecular flexibility index (Phi) is 5.57. The maximum atomic E-state index is 12.0. The number of hydrogen-bond donors (Lipinski definition) is 0. The highest BCUT2D eigenvalue weighted by Crippen LogP contribution is 2.12. The molecule has 1 aromatic rings. The second-order valence-corrected chi connectivity index (χ2v) is 4.79. The predicted octanol–water partition coefficient (Wildman–Crippen LogP) is 3.91. The molecule has 0 saturated carbocycles. The summed E-state index contributed by atoms with van der Waals surface area (Å²) >= 11 is 5.80. The molecule has 0 fully saturated rings. The SMILES string of the molecule is CC[N+](C=CC(=O)c1ccc(Cl)cc1)(CC)CC. The standard InChI is InChI=1S/C15H21ClNO/c1-4-17(5-2,6-3)12-11-15(18)13-7-9-14(16)10-8-13/h7-12H,4-6H2,1-3H3/q+1. The third-order valence-corrected chi connectivity index (χ3v) is 3.81. The van der Waals surface area contributed by atoms with Gasteiger partial charge < -0.3 is 0 Å². The minimum Gasteiger partial charge on any atom is -0.298 e.